The van der Waals surface area contributed by atoms with Crippen molar-refractivity contribution >= 4 is 11.8 Å². The minimum absolute atomic E-state index is 0.461. The monoisotopic (exact) mass is 267 g/mol. The summed E-state index contributed by atoms with van der Waals surface area (Å²) in [5, 5.41) is 9.31. The molecule has 94 valence electrons. The Morgan fingerprint density at radius 3 is 2.95 bits per heavy atom. The van der Waals surface area contributed by atoms with Crippen molar-refractivity contribution in [2.75, 3.05) is 6.61 Å². The van der Waals surface area contributed by atoms with Crippen LogP contribution in [0.25, 0.3) is 0 Å². The lowest BCUT2D eigenvalue weighted by Gasteiger charge is -2.10. The van der Waals surface area contributed by atoms with E-state index < -0.39 is 0 Å². The van der Waals surface area contributed by atoms with Crippen LogP contribution in [0.4, 0.5) is 0 Å². The van der Waals surface area contributed by atoms with Gasteiger partial charge in [0.1, 0.15) is 12.4 Å². The summed E-state index contributed by atoms with van der Waals surface area (Å²) in [6.07, 6.45) is 1.05. The van der Waals surface area contributed by atoms with Gasteiger partial charge < -0.3 is 4.74 Å². The van der Waals surface area contributed by atoms with Gasteiger partial charge >= 0.3 is 0 Å². The summed E-state index contributed by atoms with van der Waals surface area (Å²) >= 11 is 1.88. The molecule has 0 radical (unpaired) electrons. The van der Waals surface area contributed by atoms with E-state index in [1.807, 2.05) is 23.9 Å². The minimum Gasteiger partial charge on any atom is -0.492 e. The summed E-state index contributed by atoms with van der Waals surface area (Å²) in [4.78, 5) is 1.36. The van der Waals surface area contributed by atoms with Gasteiger partial charge in [-0.2, -0.15) is 5.26 Å². The van der Waals surface area contributed by atoms with Crippen molar-refractivity contribution in [2.45, 2.75) is 16.6 Å². The lowest BCUT2D eigenvalue weighted by Crippen LogP contribution is -2.13. The lowest BCUT2D eigenvalue weighted by molar-refractivity contribution is 0.317. The van der Waals surface area contributed by atoms with Crippen molar-refractivity contribution in [3.05, 3.63) is 59.7 Å². The van der Waals surface area contributed by atoms with Gasteiger partial charge in [0.2, 0.25) is 0 Å². The van der Waals surface area contributed by atoms with Gasteiger partial charge in [-0.3, -0.25) is 0 Å². The summed E-state index contributed by atoms with van der Waals surface area (Å²) in [5.74, 6) is 0.774. The van der Waals surface area contributed by atoms with Crippen molar-refractivity contribution in [3.8, 4) is 11.8 Å². The maximum atomic E-state index is 8.85. The average Bonchev–Trinajstić information content (AvgIpc) is 2.88. The Hall–Kier alpha value is -1.92. The van der Waals surface area contributed by atoms with E-state index in [1.165, 1.54) is 10.5 Å². The van der Waals surface area contributed by atoms with E-state index in [9.17, 15) is 0 Å². The van der Waals surface area contributed by atoms with E-state index in [1.54, 1.807) is 12.1 Å². The zero-order chi connectivity index (χ0) is 13.1. The van der Waals surface area contributed by atoms with Crippen LogP contribution in [0.2, 0.25) is 0 Å². The molecule has 1 aliphatic rings. The van der Waals surface area contributed by atoms with Crippen LogP contribution < -0.4 is 4.74 Å². The second-order valence-electron chi connectivity index (χ2n) is 4.50. The number of nitriles is 1. The number of rotatable bonds is 3. The highest BCUT2D eigenvalue weighted by Crippen LogP contribution is 2.36. The largest absolute Gasteiger partial charge is 0.492 e. The third-order valence-electron chi connectivity index (χ3n) is 3.11. The summed E-state index contributed by atoms with van der Waals surface area (Å²) in [6.45, 7) is 0.675. The Labute approximate surface area is 117 Å². The van der Waals surface area contributed by atoms with E-state index >= 15 is 0 Å². The van der Waals surface area contributed by atoms with Gasteiger partial charge in [0.05, 0.1) is 11.6 Å². The first kappa shape index (κ1) is 12.1. The van der Waals surface area contributed by atoms with E-state index in [0.29, 0.717) is 17.4 Å². The molecule has 0 N–H and O–H groups in total. The second kappa shape index (κ2) is 5.38. The van der Waals surface area contributed by atoms with Gasteiger partial charge in [-0.15, -0.1) is 11.8 Å². The predicted octanol–water partition coefficient (Wildman–Crippen LogP) is 3.65. The van der Waals surface area contributed by atoms with Crippen molar-refractivity contribution < 1.29 is 4.74 Å². The third-order valence-corrected chi connectivity index (χ3v) is 4.40. The first-order valence-corrected chi connectivity index (χ1v) is 7.10. The molecule has 1 unspecified atom stereocenters. The van der Waals surface area contributed by atoms with Crippen molar-refractivity contribution in [3.63, 3.8) is 0 Å². The van der Waals surface area contributed by atoms with Crippen LogP contribution in [-0.2, 0) is 6.42 Å². The summed E-state index contributed by atoms with van der Waals surface area (Å²) < 4.78 is 5.79. The molecule has 0 fully saturated rings. The molecule has 0 aliphatic carbocycles. The van der Waals surface area contributed by atoms with Crippen LogP contribution in [0.3, 0.4) is 0 Å². The SMILES string of the molecule is N#Cc1cccc(OCC2Cc3ccccc3S2)c1. The van der Waals surface area contributed by atoms with Crippen LogP contribution in [0.15, 0.2) is 53.4 Å². The molecule has 3 rings (SSSR count). The smallest absolute Gasteiger partial charge is 0.120 e. The van der Waals surface area contributed by atoms with E-state index in [4.69, 9.17) is 10.00 Å². The van der Waals surface area contributed by atoms with E-state index in [0.717, 1.165) is 12.2 Å². The number of hydrogen-bond acceptors (Lipinski definition) is 3. The van der Waals surface area contributed by atoms with Gasteiger partial charge in [0.25, 0.3) is 0 Å². The molecule has 1 aliphatic heterocycles. The molecule has 2 aromatic rings. The highest BCUT2D eigenvalue weighted by molar-refractivity contribution is 8.00. The molecule has 0 amide bonds. The molecular formula is C16H13NOS. The van der Waals surface area contributed by atoms with Gasteiger partial charge in [-0.05, 0) is 36.2 Å². The molecule has 0 saturated carbocycles. The second-order valence-corrected chi connectivity index (χ2v) is 5.84. The van der Waals surface area contributed by atoms with Crippen molar-refractivity contribution in [1.29, 1.82) is 5.26 Å². The molecule has 0 saturated heterocycles. The quantitative estimate of drug-likeness (QED) is 0.851. The van der Waals surface area contributed by atoms with Gasteiger partial charge in [0.15, 0.2) is 0 Å². The van der Waals surface area contributed by atoms with Crippen LogP contribution in [0, 0.1) is 11.3 Å². The molecule has 2 aromatic carbocycles. The third kappa shape index (κ3) is 2.74. The Morgan fingerprint density at radius 1 is 1.21 bits per heavy atom. The van der Waals surface area contributed by atoms with Gasteiger partial charge in [-0.25, -0.2) is 0 Å². The Balaban J connectivity index is 1.61. The Morgan fingerprint density at radius 2 is 2.11 bits per heavy atom. The van der Waals surface area contributed by atoms with E-state index in [2.05, 4.69) is 30.3 Å². The standard InChI is InChI=1S/C16H13NOS/c17-10-12-4-3-6-14(8-12)18-11-15-9-13-5-1-2-7-16(13)19-15/h1-8,15H,9,11H2. The van der Waals surface area contributed by atoms with Crippen molar-refractivity contribution in [1.82, 2.24) is 0 Å². The summed E-state index contributed by atoms with van der Waals surface area (Å²) in [5.41, 5.74) is 2.05. The number of thioether (sulfide) groups is 1. The zero-order valence-corrected chi connectivity index (χ0v) is 11.2. The maximum Gasteiger partial charge on any atom is 0.120 e. The molecule has 1 atom stereocenters. The molecule has 2 nitrogen and oxygen atoms in total. The van der Waals surface area contributed by atoms with Crippen LogP contribution in [0.5, 0.6) is 5.75 Å². The molecule has 19 heavy (non-hydrogen) atoms. The maximum absolute atomic E-state index is 8.85. The fourth-order valence-corrected chi connectivity index (χ4v) is 3.41. The predicted molar refractivity (Wildman–Crippen MR) is 76.4 cm³/mol. The number of benzene rings is 2. The fraction of sp³-hybridized carbons (Fsp3) is 0.188. The van der Waals surface area contributed by atoms with Gasteiger partial charge in [-0.1, -0.05) is 24.3 Å². The first-order valence-electron chi connectivity index (χ1n) is 6.22. The topological polar surface area (TPSA) is 33.0 Å². The molecule has 0 bridgehead atoms. The number of hydrogen-bond donors (Lipinski definition) is 0. The highest BCUT2D eigenvalue weighted by atomic mass is 32.2. The molecular weight excluding hydrogens is 254 g/mol. The zero-order valence-electron chi connectivity index (χ0n) is 10.4. The van der Waals surface area contributed by atoms with Crippen molar-refractivity contribution in [2.24, 2.45) is 0 Å². The van der Waals surface area contributed by atoms with Crippen LogP contribution in [0.1, 0.15) is 11.1 Å². The summed E-state index contributed by atoms with van der Waals surface area (Å²) in [6, 6.07) is 17.9. The summed E-state index contributed by atoms with van der Waals surface area (Å²) in [7, 11) is 0. The number of fused-ring (bicyclic) bond motifs is 1. The Bertz CT molecular complexity index is 608. The molecule has 1 heterocycles. The number of nitrogens with zero attached hydrogens (tertiary/aromatic N) is 1. The molecule has 0 aromatic heterocycles. The fourth-order valence-electron chi connectivity index (χ4n) is 2.19. The van der Waals surface area contributed by atoms with Crippen LogP contribution in [-0.4, -0.2) is 11.9 Å². The number of ether oxygens (including phenoxy) is 1. The highest BCUT2D eigenvalue weighted by Gasteiger charge is 2.22. The first-order chi connectivity index (χ1) is 9.35. The molecule has 3 heteroatoms. The normalized spacial score (nSPS) is 16.7. The minimum atomic E-state index is 0.461. The molecule has 0 spiro atoms. The average molecular weight is 267 g/mol. The van der Waals surface area contributed by atoms with Crippen LogP contribution >= 0.6 is 11.8 Å². The van der Waals surface area contributed by atoms with E-state index in [-0.39, 0.29) is 0 Å². The Kier molecular flexibility index (Phi) is 3.43. The van der Waals surface area contributed by atoms with Gasteiger partial charge in [0, 0.05) is 10.1 Å². The lowest BCUT2D eigenvalue weighted by atomic mass is 10.1.